The van der Waals surface area contributed by atoms with Gasteiger partial charge in [0.1, 0.15) is 5.78 Å². The van der Waals surface area contributed by atoms with Crippen molar-refractivity contribution in [2.75, 3.05) is 0 Å². The Morgan fingerprint density at radius 1 is 1.50 bits per heavy atom. The van der Waals surface area contributed by atoms with E-state index < -0.39 is 23.1 Å². The molecule has 0 saturated carbocycles. The van der Waals surface area contributed by atoms with E-state index >= 15 is 0 Å². The zero-order valence-electron chi connectivity index (χ0n) is 11.1. The van der Waals surface area contributed by atoms with Crippen molar-refractivity contribution in [3.63, 3.8) is 0 Å². The van der Waals surface area contributed by atoms with Gasteiger partial charge in [0.15, 0.2) is 0 Å². The summed E-state index contributed by atoms with van der Waals surface area (Å²) in [5.74, 6) is -4.34. The lowest BCUT2D eigenvalue weighted by atomic mass is 9.83. The molecule has 2 atom stereocenters. The van der Waals surface area contributed by atoms with Gasteiger partial charge in [-0.1, -0.05) is 30.3 Å². The quantitative estimate of drug-likeness (QED) is 0.436. The molecule has 20 heavy (non-hydrogen) atoms. The minimum absolute atomic E-state index is 0.271. The Morgan fingerprint density at radius 2 is 2.10 bits per heavy atom. The highest BCUT2D eigenvalue weighted by Crippen LogP contribution is 2.38. The number of benzene rings is 1. The van der Waals surface area contributed by atoms with E-state index in [9.17, 15) is 19.3 Å². The summed E-state index contributed by atoms with van der Waals surface area (Å²) in [6.45, 7) is 1.26. The highest BCUT2D eigenvalue weighted by Gasteiger charge is 2.51. The topological polar surface area (TPSA) is 84.0 Å². The Bertz CT molecular complexity index is 527. The van der Waals surface area contributed by atoms with E-state index in [0.29, 0.717) is 5.56 Å². The molecule has 0 spiro atoms. The second-order valence-electron chi connectivity index (χ2n) is 4.60. The maximum atomic E-state index is 14.8. The molecule has 2 unspecified atom stereocenters. The molecule has 0 radical (unpaired) electrons. The van der Waals surface area contributed by atoms with Gasteiger partial charge in [-0.25, -0.2) is 0 Å². The number of nitriles is 1. The summed E-state index contributed by atoms with van der Waals surface area (Å²) in [4.78, 5) is 21.4. The molecule has 0 saturated heterocycles. The van der Waals surface area contributed by atoms with E-state index in [4.69, 9.17) is 5.26 Å². The molecule has 0 aromatic heterocycles. The molecule has 1 aromatic carbocycles. The van der Waals surface area contributed by atoms with E-state index in [1.54, 1.807) is 36.4 Å². The highest BCUT2D eigenvalue weighted by atomic mass is 19.1. The van der Waals surface area contributed by atoms with Gasteiger partial charge in [-0.3, -0.25) is 14.9 Å². The molecule has 1 aromatic rings. The number of carbonyl (C=O) groups excluding carboxylic acids is 1. The SMILES string of the molecule is CC(=O)CC(c1ccccc1)C(F)(CCC#N)[N+](=O)[O-]. The fourth-order valence-electron chi connectivity index (χ4n) is 2.13. The minimum atomic E-state index is -2.82. The molecule has 0 fully saturated rings. The molecule has 106 valence electrons. The smallest absolute Gasteiger partial charge is 0.300 e. The van der Waals surface area contributed by atoms with Crippen molar-refractivity contribution in [2.45, 2.75) is 37.9 Å². The van der Waals surface area contributed by atoms with Gasteiger partial charge in [-0.15, -0.1) is 0 Å². The van der Waals surface area contributed by atoms with Crippen LogP contribution in [0, 0.1) is 21.4 Å². The number of nitrogens with zero attached hydrogens (tertiary/aromatic N) is 2. The Morgan fingerprint density at radius 3 is 2.55 bits per heavy atom. The lowest BCUT2D eigenvalue weighted by Gasteiger charge is -2.25. The van der Waals surface area contributed by atoms with E-state index in [1.165, 1.54) is 6.92 Å². The van der Waals surface area contributed by atoms with Crippen LogP contribution in [0.15, 0.2) is 30.3 Å². The van der Waals surface area contributed by atoms with Crippen LogP contribution in [0.25, 0.3) is 0 Å². The molecule has 0 aliphatic rings. The van der Waals surface area contributed by atoms with Crippen LogP contribution in [-0.2, 0) is 4.79 Å². The van der Waals surface area contributed by atoms with Crippen LogP contribution in [0.1, 0.15) is 37.7 Å². The van der Waals surface area contributed by atoms with Crippen molar-refractivity contribution in [2.24, 2.45) is 0 Å². The van der Waals surface area contributed by atoms with Crippen LogP contribution < -0.4 is 0 Å². The van der Waals surface area contributed by atoms with Crippen LogP contribution in [0.4, 0.5) is 4.39 Å². The van der Waals surface area contributed by atoms with Gasteiger partial charge >= 0.3 is 5.79 Å². The molecule has 0 aliphatic heterocycles. The number of nitro groups is 1. The first-order valence-corrected chi connectivity index (χ1v) is 6.16. The van der Waals surface area contributed by atoms with Gasteiger partial charge in [0.2, 0.25) is 0 Å². The third-order valence-corrected chi connectivity index (χ3v) is 3.12. The van der Waals surface area contributed by atoms with Crippen LogP contribution in [0.2, 0.25) is 0 Å². The summed E-state index contributed by atoms with van der Waals surface area (Å²) in [6, 6.07) is 9.78. The van der Waals surface area contributed by atoms with Crippen molar-refractivity contribution in [1.82, 2.24) is 0 Å². The van der Waals surface area contributed by atoms with Crippen molar-refractivity contribution < 1.29 is 14.1 Å². The maximum Gasteiger partial charge on any atom is 0.366 e. The van der Waals surface area contributed by atoms with Crippen molar-refractivity contribution in [3.05, 3.63) is 46.0 Å². The summed E-state index contributed by atoms with van der Waals surface area (Å²) in [7, 11) is 0. The number of ketones is 1. The summed E-state index contributed by atoms with van der Waals surface area (Å²) < 4.78 is 14.8. The maximum absolute atomic E-state index is 14.8. The van der Waals surface area contributed by atoms with Gasteiger partial charge in [0.25, 0.3) is 0 Å². The summed E-state index contributed by atoms with van der Waals surface area (Å²) >= 11 is 0. The summed E-state index contributed by atoms with van der Waals surface area (Å²) in [6.07, 6.45) is -1.09. The lowest BCUT2D eigenvalue weighted by molar-refractivity contribution is -0.612. The molecule has 0 bridgehead atoms. The van der Waals surface area contributed by atoms with E-state index in [0.717, 1.165) is 0 Å². The second-order valence-corrected chi connectivity index (χ2v) is 4.60. The van der Waals surface area contributed by atoms with Gasteiger partial charge in [0.05, 0.1) is 23.3 Å². The fraction of sp³-hybridized carbons (Fsp3) is 0.429. The second kappa shape index (κ2) is 6.75. The van der Waals surface area contributed by atoms with Crippen LogP contribution in [0.3, 0.4) is 0 Å². The van der Waals surface area contributed by atoms with E-state index in [2.05, 4.69) is 0 Å². The molecule has 0 aliphatic carbocycles. The number of hydrogen-bond donors (Lipinski definition) is 0. The molecule has 6 heteroatoms. The normalized spacial score (nSPS) is 14.8. The Labute approximate surface area is 116 Å². The zero-order chi connectivity index (χ0) is 15.2. The average molecular weight is 278 g/mol. The number of halogens is 1. The third kappa shape index (κ3) is 3.60. The Hall–Kier alpha value is -2.29. The number of alkyl halides is 1. The standard InChI is InChI=1S/C14H15FN2O3/c1-11(18)10-13(12-6-3-2-4-7-12)14(15,17(19)20)8-5-9-16/h2-4,6-7,13H,5,8,10H2,1H3. The predicted octanol–water partition coefficient (Wildman–Crippen LogP) is 3.00. The van der Waals surface area contributed by atoms with E-state index in [-0.39, 0.29) is 18.6 Å². The molecular weight excluding hydrogens is 263 g/mol. The van der Waals surface area contributed by atoms with Gasteiger partial charge in [0, 0.05) is 12.8 Å². The predicted molar refractivity (Wildman–Crippen MR) is 70.2 cm³/mol. The lowest BCUT2D eigenvalue weighted by Crippen LogP contribution is -2.40. The first kappa shape index (κ1) is 15.8. The fourth-order valence-corrected chi connectivity index (χ4v) is 2.13. The first-order valence-electron chi connectivity index (χ1n) is 6.16. The Balaban J connectivity index is 3.22. The van der Waals surface area contributed by atoms with E-state index in [1.807, 2.05) is 0 Å². The van der Waals surface area contributed by atoms with Crippen molar-refractivity contribution >= 4 is 5.78 Å². The highest BCUT2D eigenvalue weighted by molar-refractivity contribution is 5.76. The molecule has 0 amide bonds. The van der Waals surface area contributed by atoms with Crippen LogP contribution in [0.5, 0.6) is 0 Å². The summed E-state index contributed by atoms with van der Waals surface area (Å²) in [5.41, 5.74) is 0.389. The first-order chi connectivity index (χ1) is 9.41. The largest absolute Gasteiger partial charge is 0.366 e. The molecule has 5 nitrogen and oxygen atoms in total. The van der Waals surface area contributed by atoms with Gasteiger partial charge in [-0.05, 0) is 12.5 Å². The summed E-state index contributed by atoms with van der Waals surface area (Å²) in [5, 5.41) is 19.7. The Kier molecular flexibility index (Phi) is 5.32. The molecular formula is C14H15FN2O3. The molecule has 1 rings (SSSR count). The van der Waals surface area contributed by atoms with Gasteiger partial charge in [-0.2, -0.15) is 9.65 Å². The van der Waals surface area contributed by atoms with Crippen LogP contribution in [-0.4, -0.2) is 16.5 Å². The number of hydrogen-bond acceptors (Lipinski definition) is 4. The molecule has 0 N–H and O–H groups in total. The third-order valence-electron chi connectivity index (χ3n) is 3.12. The number of carbonyl (C=O) groups is 1. The minimum Gasteiger partial charge on any atom is -0.300 e. The van der Waals surface area contributed by atoms with Crippen molar-refractivity contribution in [3.8, 4) is 6.07 Å². The number of rotatable bonds is 7. The number of Topliss-reactive ketones (excluding diaryl/α,β-unsaturated/α-hetero) is 1. The molecule has 0 heterocycles. The van der Waals surface area contributed by atoms with Crippen molar-refractivity contribution in [1.29, 1.82) is 5.26 Å². The van der Waals surface area contributed by atoms with Crippen LogP contribution >= 0.6 is 0 Å². The average Bonchev–Trinajstić information content (AvgIpc) is 2.42. The monoisotopic (exact) mass is 278 g/mol. The van der Waals surface area contributed by atoms with Gasteiger partial charge < -0.3 is 0 Å². The zero-order valence-corrected chi connectivity index (χ0v) is 11.1.